The number of nitrogens with two attached hydrogens (primary N) is 1. The van der Waals surface area contributed by atoms with Crippen LogP contribution in [0.3, 0.4) is 0 Å². The summed E-state index contributed by atoms with van der Waals surface area (Å²) in [4.78, 5) is 11.3. The van der Waals surface area contributed by atoms with E-state index in [0.717, 1.165) is 23.9 Å². The Labute approximate surface area is 116 Å². The summed E-state index contributed by atoms with van der Waals surface area (Å²) in [6, 6.07) is 3.48. The molecule has 2 aromatic heterocycles. The van der Waals surface area contributed by atoms with E-state index in [9.17, 15) is 13.2 Å². The molecule has 9 heteroatoms. The normalized spacial score (nSPS) is 11.3. The third-order valence-electron chi connectivity index (χ3n) is 2.17. The maximum Gasteiger partial charge on any atom is 0.433 e. The zero-order chi connectivity index (χ0) is 14.8. The van der Waals surface area contributed by atoms with E-state index in [4.69, 9.17) is 11.1 Å². The van der Waals surface area contributed by atoms with Crippen molar-refractivity contribution in [2.45, 2.75) is 16.4 Å². The molecule has 0 amide bonds. The molecule has 0 fully saturated rings. The van der Waals surface area contributed by atoms with Crippen LogP contribution in [0.4, 0.5) is 13.2 Å². The van der Waals surface area contributed by atoms with Crippen molar-refractivity contribution in [3.05, 3.63) is 41.9 Å². The Kier molecular flexibility index (Phi) is 3.89. The van der Waals surface area contributed by atoms with Gasteiger partial charge in [0.15, 0.2) is 5.16 Å². The van der Waals surface area contributed by atoms with Crippen molar-refractivity contribution in [1.82, 2.24) is 15.0 Å². The zero-order valence-corrected chi connectivity index (χ0v) is 10.7. The van der Waals surface area contributed by atoms with Gasteiger partial charge in [-0.15, -0.1) is 0 Å². The van der Waals surface area contributed by atoms with Crippen LogP contribution in [-0.4, -0.2) is 20.8 Å². The second kappa shape index (κ2) is 5.45. The fourth-order valence-corrected chi connectivity index (χ4v) is 2.14. The molecule has 0 unspecified atom stereocenters. The van der Waals surface area contributed by atoms with E-state index in [2.05, 4.69) is 15.0 Å². The van der Waals surface area contributed by atoms with Crippen LogP contribution >= 0.6 is 11.8 Å². The molecule has 2 rings (SSSR count). The zero-order valence-electron chi connectivity index (χ0n) is 9.85. The molecule has 2 aromatic rings. The SMILES string of the molecule is N=C(N)c1ccc(C(F)(F)F)nc1Sc1ncccn1. The van der Waals surface area contributed by atoms with E-state index in [1.165, 1.54) is 12.4 Å². The fourth-order valence-electron chi connectivity index (χ4n) is 1.31. The molecule has 0 aliphatic rings. The van der Waals surface area contributed by atoms with Crippen molar-refractivity contribution in [3.8, 4) is 0 Å². The van der Waals surface area contributed by atoms with Gasteiger partial charge in [-0.1, -0.05) is 0 Å². The number of aromatic nitrogens is 3. The maximum atomic E-state index is 12.7. The van der Waals surface area contributed by atoms with Crippen molar-refractivity contribution in [2.75, 3.05) is 0 Å². The number of halogens is 3. The highest BCUT2D eigenvalue weighted by Crippen LogP contribution is 2.32. The van der Waals surface area contributed by atoms with E-state index in [1.54, 1.807) is 6.07 Å². The van der Waals surface area contributed by atoms with Crippen LogP contribution in [0.2, 0.25) is 0 Å². The molecule has 0 aliphatic carbocycles. The molecule has 5 nitrogen and oxygen atoms in total. The van der Waals surface area contributed by atoms with Crippen LogP contribution in [0, 0.1) is 5.41 Å². The van der Waals surface area contributed by atoms with Crippen LogP contribution in [0.1, 0.15) is 11.3 Å². The standard InChI is InChI=1S/C11H8F3N5S/c12-11(13,14)7-3-2-6(8(15)16)9(19-7)20-10-17-4-1-5-18-10/h1-5H,(H3,15,16). The lowest BCUT2D eigenvalue weighted by atomic mass is 10.2. The van der Waals surface area contributed by atoms with Gasteiger partial charge in [-0.2, -0.15) is 13.2 Å². The molecule has 2 heterocycles. The first kappa shape index (κ1) is 14.3. The average molecular weight is 299 g/mol. The quantitative estimate of drug-likeness (QED) is 0.516. The summed E-state index contributed by atoms with van der Waals surface area (Å²) in [6.45, 7) is 0. The van der Waals surface area contributed by atoms with Crippen LogP contribution in [0.15, 0.2) is 40.8 Å². The second-order valence-electron chi connectivity index (χ2n) is 3.59. The summed E-state index contributed by atoms with van der Waals surface area (Å²) in [7, 11) is 0. The van der Waals surface area contributed by atoms with Gasteiger partial charge in [0.2, 0.25) is 0 Å². The minimum atomic E-state index is -4.57. The summed E-state index contributed by atoms with van der Waals surface area (Å²) < 4.78 is 38.0. The fraction of sp³-hybridized carbons (Fsp3) is 0.0909. The van der Waals surface area contributed by atoms with E-state index >= 15 is 0 Å². The van der Waals surface area contributed by atoms with Gasteiger partial charge in [-0.3, -0.25) is 5.41 Å². The van der Waals surface area contributed by atoms with Gasteiger partial charge in [-0.05, 0) is 30.0 Å². The number of pyridine rings is 1. The predicted octanol–water partition coefficient (Wildman–Crippen LogP) is 2.33. The molecule has 0 saturated carbocycles. The van der Waals surface area contributed by atoms with Gasteiger partial charge < -0.3 is 5.73 Å². The van der Waals surface area contributed by atoms with Gasteiger partial charge in [0.25, 0.3) is 0 Å². The highest BCUT2D eigenvalue weighted by Gasteiger charge is 2.33. The second-order valence-corrected chi connectivity index (χ2v) is 4.55. The van der Waals surface area contributed by atoms with E-state index in [0.29, 0.717) is 0 Å². The van der Waals surface area contributed by atoms with Crippen LogP contribution in [-0.2, 0) is 6.18 Å². The third kappa shape index (κ3) is 3.23. The first-order chi connectivity index (χ1) is 9.38. The predicted molar refractivity (Wildman–Crippen MR) is 66.4 cm³/mol. The van der Waals surface area contributed by atoms with Crippen LogP contribution in [0.25, 0.3) is 0 Å². The van der Waals surface area contributed by atoms with Crippen molar-refractivity contribution >= 4 is 17.6 Å². The largest absolute Gasteiger partial charge is 0.433 e. The van der Waals surface area contributed by atoms with Crippen LogP contribution < -0.4 is 5.73 Å². The molecule has 0 saturated heterocycles. The molecular formula is C11H8F3N5S. The molecular weight excluding hydrogens is 291 g/mol. The first-order valence-corrected chi connectivity index (χ1v) is 6.07. The van der Waals surface area contributed by atoms with E-state index in [-0.39, 0.29) is 21.6 Å². The number of nitrogen functional groups attached to an aromatic ring is 1. The van der Waals surface area contributed by atoms with Gasteiger partial charge in [-0.25, -0.2) is 15.0 Å². The number of amidine groups is 1. The minimum Gasteiger partial charge on any atom is -0.384 e. The molecule has 3 N–H and O–H groups in total. The lowest BCUT2D eigenvalue weighted by Crippen LogP contribution is -2.16. The lowest BCUT2D eigenvalue weighted by Gasteiger charge is -2.10. The monoisotopic (exact) mass is 299 g/mol. The van der Waals surface area contributed by atoms with Gasteiger partial charge in [0.05, 0.1) is 0 Å². The molecule has 0 bridgehead atoms. The smallest absolute Gasteiger partial charge is 0.384 e. The van der Waals surface area contributed by atoms with Gasteiger partial charge in [0, 0.05) is 18.0 Å². The topological polar surface area (TPSA) is 88.5 Å². The Morgan fingerprint density at radius 3 is 2.40 bits per heavy atom. The number of hydrogen-bond acceptors (Lipinski definition) is 5. The Morgan fingerprint density at radius 1 is 1.20 bits per heavy atom. The third-order valence-corrected chi connectivity index (χ3v) is 3.07. The molecule has 0 spiro atoms. The van der Waals surface area contributed by atoms with Crippen molar-refractivity contribution in [3.63, 3.8) is 0 Å². The Morgan fingerprint density at radius 2 is 1.85 bits per heavy atom. The highest BCUT2D eigenvalue weighted by atomic mass is 32.2. The average Bonchev–Trinajstić information content (AvgIpc) is 2.38. The first-order valence-electron chi connectivity index (χ1n) is 5.25. The Balaban J connectivity index is 2.45. The molecule has 20 heavy (non-hydrogen) atoms. The molecule has 104 valence electrons. The number of alkyl halides is 3. The Hall–Kier alpha value is -2.16. The summed E-state index contributed by atoms with van der Waals surface area (Å²) in [5.74, 6) is -0.371. The van der Waals surface area contributed by atoms with E-state index in [1.807, 2.05) is 0 Å². The number of nitrogens with one attached hydrogen (secondary N) is 1. The maximum absolute atomic E-state index is 12.7. The highest BCUT2D eigenvalue weighted by molar-refractivity contribution is 7.99. The number of nitrogens with zero attached hydrogens (tertiary/aromatic N) is 3. The van der Waals surface area contributed by atoms with Gasteiger partial charge in [0.1, 0.15) is 16.6 Å². The molecule has 0 radical (unpaired) electrons. The number of hydrogen-bond donors (Lipinski definition) is 2. The Bertz CT molecular complexity index is 630. The van der Waals surface area contributed by atoms with Crippen LogP contribution in [0.5, 0.6) is 0 Å². The van der Waals surface area contributed by atoms with Gasteiger partial charge >= 0.3 is 6.18 Å². The lowest BCUT2D eigenvalue weighted by molar-refractivity contribution is -0.141. The molecule has 0 aromatic carbocycles. The molecule has 0 atom stereocenters. The summed E-state index contributed by atoms with van der Waals surface area (Å²) >= 11 is 0.819. The number of rotatable bonds is 3. The molecule has 0 aliphatic heterocycles. The van der Waals surface area contributed by atoms with Crippen molar-refractivity contribution in [2.24, 2.45) is 5.73 Å². The summed E-state index contributed by atoms with van der Waals surface area (Å²) in [5.41, 5.74) is 4.39. The minimum absolute atomic E-state index is 0.0569. The van der Waals surface area contributed by atoms with Crippen molar-refractivity contribution < 1.29 is 13.2 Å². The summed E-state index contributed by atoms with van der Waals surface area (Å²) in [5, 5.41) is 7.54. The van der Waals surface area contributed by atoms with Crippen molar-refractivity contribution in [1.29, 1.82) is 5.41 Å². The van der Waals surface area contributed by atoms with E-state index < -0.39 is 11.9 Å². The summed E-state index contributed by atoms with van der Waals surface area (Å²) in [6.07, 6.45) is -1.66.